The Labute approximate surface area is 127 Å². The summed E-state index contributed by atoms with van der Waals surface area (Å²) in [5, 5.41) is 15.4. The first-order valence-electron chi connectivity index (χ1n) is 7.67. The van der Waals surface area contributed by atoms with E-state index in [0.29, 0.717) is 6.04 Å². The molecular formula is C14H28ClN3O2. The average Bonchev–Trinajstić information content (AvgIpc) is 3.09. The van der Waals surface area contributed by atoms with Crippen LogP contribution in [-0.4, -0.2) is 60.8 Å². The molecule has 118 valence electrons. The minimum atomic E-state index is 0. The van der Waals surface area contributed by atoms with Crippen molar-refractivity contribution < 1.29 is 9.90 Å². The molecule has 0 aromatic carbocycles. The van der Waals surface area contributed by atoms with E-state index in [-0.39, 0.29) is 31.0 Å². The van der Waals surface area contributed by atoms with Gasteiger partial charge in [0.15, 0.2) is 0 Å². The zero-order valence-corrected chi connectivity index (χ0v) is 13.0. The number of nitrogens with one attached hydrogen (secondary N) is 2. The molecule has 0 aromatic heterocycles. The number of carbonyl (C=O) groups is 1. The molecule has 0 aromatic rings. The van der Waals surface area contributed by atoms with Crippen molar-refractivity contribution in [1.29, 1.82) is 0 Å². The third-order valence-corrected chi connectivity index (χ3v) is 4.26. The molecule has 0 bridgehead atoms. The first-order valence-corrected chi connectivity index (χ1v) is 7.67. The smallest absolute Gasteiger partial charge is 0.237 e. The lowest BCUT2D eigenvalue weighted by atomic mass is 10.2. The second-order valence-electron chi connectivity index (χ2n) is 5.66. The fourth-order valence-corrected chi connectivity index (χ4v) is 3.08. The van der Waals surface area contributed by atoms with Crippen LogP contribution in [-0.2, 0) is 4.79 Å². The number of amides is 1. The number of aliphatic hydroxyl groups excluding tert-OH is 1. The number of halogens is 1. The molecule has 2 atom stereocenters. The predicted molar refractivity (Wildman–Crippen MR) is 82.2 cm³/mol. The van der Waals surface area contributed by atoms with Crippen molar-refractivity contribution in [2.24, 2.45) is 0 Å². The second-order valence-corrected chi connectivity index (χ2v) is 5.66. The summed E-state index contributed by atoms with van der Waals surface area (Å²) in [6.45, 7) is 4.18. The molecular weight excluding hydrogens is 278 g/mol. The molecule has 2 unspecified atom stereocenters. The Hall–Kier alpha value is -0.360. The van der Waals surface area contributed by atoms with E-state index in [1.165, 1.54) is 6.42 Å². The third-order valence-electron chi connectivity index (χ3n) is 4.26. The molecule has 20 heavy (non-hydrogen) atoms. The normalized spacial score (nSPS) is 26.4. The number of aliphatic hydroxyl groups is 1. The molecule has 2 heterocycles. The van der Waals surface area contributed by atoms with E-state index in [4.69, 9.17) is 0 Å². The van der Waals surface area contributed by atoms with E-state index in [9.17, 15) is 9.90 Å². The first kappa shape index (κ1) is 17.7. The molecule has 6 heteroatoms. The van der Waals surface area contributed by atoms with Crippen LogP contribution in [0.5, 0.6) is 0 Å². The standard InChI is InChI=1S/C14H27N3O2.ClH/c18-11-12-5-4-10-17(12)9-2-1-7-16-14(19)13-6-3-8-15-13;/h12-13,15,18H,1-11H2,(H,16,19);1H. The van der Waals surface area contributed by atoms with Gasteiger partial charge in [-0.05, 0) is 58.2 Å². The second kappa shape index (κ2) is 9.55. The lowest BCUT2D eigenvalue weighted by Crippen LogP contribution is -2.41. The quantitative estimate of drug-likeness (QED) is 0.600. The number of carbonyl (C=O) groups excluding carboxylic acids is 1. The summed E-state index contributed by atoms with van der Waals surface area (Å²) in [6, 6.07) is 0.412. The van der Waals surface area contributed by atoms with Gasteiger partial charge in [0.1, 0.15) is 0 Å². The number of unbranched alkanes of at least 4 members (excludes halogenated alkanes) is 1. The Morgan fingerprint density at radius 2 is 2.15 bits per heavy atom. The zero-order valence-electron chi connectivity index (χ0n) is 12.1. The SMILES string of the molecule is Cl.O=C(NCCCCN1CCCC1CO)C1CCCN1. The molecule has 1 amide bonds. The number of hydrogen-bond acceptors (Lipinski definition) is 4. The summed E-state index contributed by atoms with van der Waals surface area (Å²) < 4.78 is 0. The Bertz CT molecular complexity index is 286. The maximum Gasteiger partial charge on any atom is 0.237 e. The molecule has 2 aliphatic heterocycles. The highest BCUT2D eigenvalue weighted by atomic mass is 35.5. The maximum absolute atomic E-state index is 11.7. The highest BCUT2D eigenvalue weighted by Crippen LogP contribution is 2.16. The molecule has 3 N–H and O–H groups in total. The predicted octanol–water partition coefficient (Wildman–Crippen LogP) is 0.513. The van der Waals surface area contributed by atoms with E-state index in [1.807, 2.05) is 0 Å². The molecule has 2 rings (SSSR count). The van der Waals surface area contributed by atoms with Gasteiger partial charge in [-0.2, -0.15) is 0 Å². The van der Waals surface area contributed by atoms with Gasteiger partial charge >= 0.3 is 0 Å². The van der Waals surface area contributed by atoms with Gasteiger partial charge in [0.25, 0.3) is 0 Å². The van der Waals surface area contributed by atoms with Crippen LogP contribution in [0, 0.1) is 0 Å². The molecule has 0 spiro atoms. The van der Waals surface area contributed by atoms with Gasteiger partial charge < -0.3 is 15.7 Å². The Morgan fingerprint density at radius 1 is 1.30 bits per heavy atom. The molecule has 0 radical (unpaired) electrons. The number of rotatable bonds is 7. The van der Waals surface area contributed by atoms with E-state index in [2.05, 4.69) is 15.5 Å². The van der Waals surface area contributed by atoms with Crippen molar-refractivity contribution in [2.75, 3.05) is 32.8 Å². The van der Waals surface area contributed by atoms with Crippen LogP contribution in [0.3, 0.4) is 0 Å². The van der Waals surface area contributed by atoms with Crippen molar-refractivity contribution >= 4 is 18.3 Å². The van der Waals surface area contributed by atoms with Crippen LogP contribution < -0.4 is 10.6 Å². The van der Waals surface area contributed by atoms with Crippen LogP contribution in [0.1, 0.15) is 38.5 Å². The third kappa shape index (κ3) is 5.20. The monoisotopic (exact) mass is 305 g/mol. The molecule has 0 saturated carbocycles. The van der Waals surface area contributed by atoms with Crippen molar-refractivity contribution in [1.82, 2.24) is 15.5 Å². The molecule has 0 aliphatic carbocycles. The Kier molecular flexibility index (Phi) is 8.45. The molecule has 2 saturated heterocycles. The molecule has 5 nitrogen and oxygen atoms in total. The van der Waals surface area contributed by atoms with Crippen LogP contribution in [0.25, 0.3) is 0 Å². The number of hydrogen-bond donors (Lipinski definition) is 3. The van der Waals surface area contributed by atoms with E-state index < -0.39 is 0 Å². The van der Waals surface area contributed by atoms with Crippen LogP contribution in [0.15, 0.2) is 0 Å². The minimum Gasteiger partial charge on any atom is -0.395 e. The van der Waals surface area contributed by atoms with Crippen molar-refractivity contribution in [3.05, 3.63) is 0 Å². The topological polar surface area (TPSA) is 64.6 Å². The van der Waals surface area contributed by atoms with Crippen molar-refractivity contribution in [3.63, 3.8) is 0 Å². The summed E-state index contributed by atoms with van der Waals surface area (Å²) >= 11 is 0. The minimum absolute atomic E-state index is 0. The highest BCUT2D eigenvalue weighted by Gasteiger charge is 2.23. The van der Waals surface area contributed by atoms with Crippen LogP contribution in [0.4, 0.5) is 0 Å². The van der Waals surface area contributed by atoms with E-state index >= 15 is 0 Å². The first-order chi connectivity index (χ1) is 9.31. The fraction of sp³-hybridized carbons (Fsp3) is 0.929. The summed E-state index contributed by atoms with van der Waals surface area (Å²) in [5.41, 5.74) is 0. The summed E-state index contributed by atoms with van der Waals surface area (Å²) in [6.07, 6.45) is 6.52. The van der Waals surface area contributed by atoms with Gasteiger partial charge in [-0.1, -0.05) is 0 Å². The Morgan fingerprint density at radius 3 is 2.85 bits per heavy atom. The maximum atomic E-state index is 11.7. The average molecular weight is 306 g/mol. The van der Waals surface area contributed by atoms with Gasteiger partial charge in [-0.3, -0.25) is 9.69 Å². The van der Waals surface area contributed by atoms with E-state index in [0.717, 1.165) is 58.3 Å². The largest absolute Gasteiger partial charge is 0.395 e. The van der Waals surface area contributed by atoms with Gasteiger partial charge in [-0.15, -0.1) is 12.4 Å². The summed E-state index contributed by atoms with van der Waals surface area (Å²) in [7, 11) is 0. The number of likely N-dealkylation sites (tertiary alicyclic amines) is 1. The molecule has 2 aliphatic rings. The number of nitrogens with zero attached hydrogens (tertiary/aromatic N) is 1. The van der Waals surface area contributed by atoms with Gasteiger partial charge in [0, 0.05) is 12.6 Å². The van der Waals surface area contributed by atoms with Crippen molar-refractivity contribution in [3.8, 4) is 0 Å². The zero-order chi connectivity index (χ0) is 13.5. The Balaban J connectivity index is 0.00000200. The van der Waals surface area contributed by atoms with Crippen molar-refractivity contribution in [2.45, 2.75) is 50.6 Å². The summed E-state index contributed by atoms with van der Waals surface area (Å²) in [5.74, 6) is 0.159. The van der Waals surface area contributed by atoms with Gasteiger partial charge in [-0.25, -0.2) is 0 Å². The van der Waals surface area contributed by atoms with Gasteiger partial charge in [0.05, 0.1) is 12.6 Å². The molecule has 2 fully saturated rings. The highest BCUT2D eigenvalue weighted by molar-refractivity contribution is 5.85. The van der Waals surface area contributed by atoms with E-state index in [1.54, 1.807) is 0 Å². The summed E-state index contributed by atoms with van der Waals surface area (Å²) in [4.78, 5) is 14.1. The van der Waals surface area contributed by atoms with Crippen LogP contribution >= 0.6 is 12.4 Å². The fourth-order valence-electron chi connectivity index (χ4n) is 3.08. The lowest BCUT2D eigenvalue weighted by Gasteiger charge is -2.22. The van der Waals surface area contributed by atoms with Gasteiger partial charge in [0.2, 0.25) is 5.91 Å². The van der Waals surface area contributed by atoms with Crippen LogP contribution in [0.2, 0.25) is 0 Å². The lowest BCUT2D eigenvalue weighted by molar-refractivity contribution is -0.122.